The van der Waals surface area contributed by atoms with Gasteiger partial charge in [-0.25, -0.2) is 0 Å². The summed E-state index contributed by atoms with van der Waals surface area (Å²) < 4.78 is 0. The average molecular weight is 251 g/mol. The van der Waals surface area contributed by atoms with Crippen molar-refractivity contribution in [2.75, 3.05) is 13.6 Å². The maximum absolute atomic E-state index is 11.3. The molecular weight excluding hydrogens is 230 g/mol. The second-order valence-corrected chi connectivity index (χ2v) is 5.38. The normalized spacial score (nSPS) is 13.2. The molecular formula is C14H21NOS. The number of hydrogen-bond donors (Lipinski definition) is 1. The maximum Gasteiger partial charge on any atom is 0.169 e. The van der Waals surface area contributed by atoms with Crippen LogP contribution >= 0.6 is 11.3 Å². The van der Waals surface area contributed by atoms with Crippen molar-refractivity contribution in [3.8, 4) is 0 Å². The quantitative estimate of drug-likeness (QED) is 0.784. The Balaban J connectivity index is 2.79. The first-order chi connectivity index (χ1) is 8.08. The van der Waals surface area contributed by atoms with Crippen LogP contribution in [-0.2, 0) is 0 Å². The molecule has 0 saturated carbocycles. The van der Waals surface area contributed by atoms with Crippen LogP contribution in [0.2, 0.25) is 0 Å². The highest BCUT2D eigenvalue weighted by Crippen LogP contribution is 2.24. The number of ketones is 1. The summed E-state index contributed by atoms with van der Waals surface area (Å²) in [6.07, 6.45) is 5.51. The Morgan fingerprint density at radius 3 is 2.76 bits per heavy atom. The van der Waals surface area contributed by atoms with Gasteiger partial charge in [-0.05, 0) is 50.9 Å². The van der Waals surface area contributed by atoms with Crippen molar-refractivity contribution >= 4 is 23.2 Å². The molecule has 17 heavy (non-hydrogen) atoms. The number of aryl methyl sites for hydroxylation is 1. The fourth-order valence-electron chi connectivity index (χ4n) is 1.67. The number of nitrogens with one attached hydrogen (secondary N) is 1. The highest BCUT2D eigenvalue weighted by Gasteiger charge is 2.07. The Labute approximate surface area is 108 Å². The van der Waals surface area contributed by atoms with Crippen LogP contribution in [0.25, 0.3) is 6.08 Å². The highest BCUT2D eigenvalue weighted by molar-refractivity contribution is 7.15. The first kappa shape index (κ1) is 14.1. The van der Waals surface area contributed by atoms with Crippen LogP contribution < -0.4 is 5.32 Å². The van der Waals surface area contributed by atoms with E-state index >= 15 is 0 Å². The molecule has 0 fully saturated rings. The van der Waals surface area contributed by atoms with E-state index in [4.69, 9.17) is 0 Å². The SMILES string of the molecule is CCC(/C=C/c1sc(C(C)=O)cc1C)CNC. The second kappa shape index (κ2) is 6.72. The summed E-state index contributed by atoms with van der Waals surface area (Å²) in [5.74, 6) is 0.710. The lowest BCUT2D eigenvalue weighted by Gasteiger charge is -2.07. The van der Waals surface area contributed by atoms with E-state index in [2.05, 4.69) is 31.3 Å². The zero-order valence-corrected chi connectivity index (χ0v) is 11.9. The molecule has 0 radical (unpaired) electrons. The molecule has 0 bridgehead atoms. The van der Waals surface area contributed by atoms with E-state index in [-0.39, 0.29) is 5.78 Å². The fourth-order valence-corrected chi connectivity index (χ4v) is 2.65. The van der Waals surface area contributed by atoms with Crippen LogP contribution in [0.15, 0.2) is 12.1 Å². The molecule has 0 aromatic carbocycles. The minimum absolute atomic E-state index is 0.153. The largest absolute Gasteiger partial charge is 0.319 e. The Kier molecular flexibility index (Phi) is 5.59. The summed E-state index contributed by atoms with van der Waals surface area (Å²) in [5, 5.41) is 3.19. The van der Waals surface area contributed by atoms with Gasteiger partial charge in [0, 0.05) is 11.4 Å². The summed E-state index contributed by atoms with van der Waals surface area (Å²) in [5.41, 5.74) is 1.19. The molecule has 0 aliphatic carbocycles. The standard InChI is InChI=1S/C14H21NOS/c1-5-12(9-15-4)6-7-13-10(2)8-14(17-13)11(3)16/h6-8,12,15H,5,9H2,1-4H3/b7-6+. The predicted octanol–water partition coefficient (Wildman–Crippen LogP) is 3.52. The first-order valence-corrected chi connectivity index (χ1v) is 6.84. The summed E-state index contributed by atoms with van der Waals surface area (Å²) in [6, 6.07) is 1.98. The van der Waals surface area contributed by atoms with E-state index in [1.54, 1.807) is 18.3 Å². The first-order valence-electron chi connectivity index (χ1n) is 6.02. The van der Waals surface area contributed by atoms with Gasteiger partial charge in [-0.2, -0.15) is 0 Å². The Hall–Kier alpha value is -0.930. The zero-order chi connectivity index (χ0) is 12.8. The van der Waals surface area contributed by atoms with Crippen molar-refractivity contribution in [2.45, 2.75) is 27.2 Å². The molecule has 1 unspecified atom stereocenters. The minimum Gasteiger partial charge on any atom is -0.319 e. The monoisotopic (exact) mass is 251 g/mol. The zero-order valence-electron chi connectivity index (χ0n) is 11.0. The number of carbonyl (C=O) groups is 1. The van der Waals surface area contributed by atoms with Crippen molar-refractivity contribution in [3.63, 3.8) is 0 Å². The van der Waals surface area contributed by atoms with Crippen molar-refractivity contribution < 1.29 is 4.79 Å². The highest BCUT2D eigenvalue weighted by atomic mass is 32.1. The van der Waals surface area contributed by atoms with Crippen molar-refractivity contribution in [1.29, 1.82) is 0 Å². The molecule has 0 aliphatic heterocycles. The third kappa shape index (κ3) is 4.10. The van der Waals surface area contributed by atoms with Crippen LogP contribution in [0.5, 0.6) is 0 Å². The second-order valence-electron chi connectivity index (χ2n) is 4.30. The van der Waals surface area contributed by atoms with Gasteiger partial charge in [0.05, 0.1) is 4.88 Å². The summed E-state index contributed by atoms with van der Waals surface area (Å²) >= 11 is 1.58. The van der Waals surface area contributed by atoms with E-state index in [9.17, 15) is 4.79 Å². The maximum atomic E-state index is 11.3. The summed E-state index contributed by atoms with van der Waals surface area (Å²) in [4.78, 5) is 13.3. The molecule has 0 aliphatic rings. The number of Topliss-reactive ketones (excluding diaryl/α,β-unsaturated/α-hetero) is 1. The molecule has 0 amide bonds. The van der Waals surface area contributed by atoms with Gasteiger partial charge in [0.1, 0.15) is 0 Å². The molecule has 1 aromatic heterocycles. The van der Waals surface area contributed by atoms with Gasteiger partial charge in [-0.1, -0.05) is 13.0 Å². The molecule has 1 aromatic rings. The lowest BCUT2D eigenvalue weighted by Crippen LogP contribution is -2.16. The van der Waals surface area contributed by atoms with Crippen LogP contribution in [0.1, 0.15) is 40.4 Å². The minimum atomic E-state index is 0.153. The van der Waals surface area contributed by atoms with E-state index in [1.165, 1.54) is 10.4 Å². The van der Waals surface area contributed by atoms with E-state index < -0.39 is 0 Å². The third-order valence-electron chi connectivity index (χ3n) is 2.81. The van der Waals surface area contributed by atoms with Crippen LogP contribution in [0.3, 0.4) is 0 Å². The van der Waals surface area contributed by atoms with Crippen LogP contribution in [0, 0.1) is 12.8 Å². The number of rotatable bonds is 6. The Morgan fingerprint density at radius 2 is 2.29 bits per heavy atom. The van der Waals surface area contributed by atoms with Gasteiger partial charge in [0.15, 0.2) is 5.78 Å². The van der Waals surface area contributed by atoms with Gasteiger partial charge in [0.25, 0.3) is 0 Å². The van der Waals surface area contributed by atoms with Gasteiger partial charge in [-0.15, -0.1) is 11.3 Å². The molecule has 0 spiro atoms. The molecule has 94 valence electrons. The molecule has 1 atom stereocenters. The lowest BCUT2D eigenvalue weighted by molar-refractivity contribution is 0.102. The van der Waals surface area contributed by atoms with Gasteiger partial charge < -0.3 is 5.32 Å². The van der Waals surface area contributed by atoms with Crippen LogP contribution in [0.4, 0.5) is 0 Å². The van der Waals surface area contributed by atoms with E-state index in [0.717, 1.165) is 17.8 Å². The van der Waals surface area contributed by atoms with E-state index in [1.807, 2.05) is 13.1 Å². The topological polar surface area (TPSA) is 29.1 Å². The van der Waals surface area contributed by atoms with Gasteiger partial charge >= 0.3 is 0 Å². The molecule has 1 rings (SSSR count). The molecule has 1 N–H and O–H groups in total. The molecule has 0 saturated heterocycles. The predicted molar refractivity (Wildman–Crippen MR) is 75.8 cm³/mol. The van der Waals surface area contributed by atoms with Crippen molar-refractivity contribution in [3.05, 3.63) is 27.5 Å². The van der Waals surface area contributed by atoms with Gasteiger partial charge in [0.2, 0.25) is 0 Å². The van der Waals surface area contributed by atoms with Crippen molar-refractivity contribution in [1.82, 2.24) is 5.32 Å². The smallest absolute Gasteiger partial charge is 0.169 e. The van der Waals surface area contributed by atoms with Crippen molar-refractivity contribution in [2.24, 2.45) is 5.92 Å². The number of thiophene rings is 1. The molecule has 3 heteroatoms. The molecule has 1 heterocycles. The molecule has 2 nitrogen and oxygen atoms in total. The number of carbonyl (C=O) groups excluding carboxylic acids is 1. The summed E-state index contributed by atoms with van der Waals surface area (Å²) in [6.45, 7) is 6.86. The Bertz CT molecular complexity index is 406. The average Bonchev–Trinajstić information content (AvgIpc) is 2.66. The summed E-state index contributed by atoms with van der Waals surface area (Å²) in [7, 11) is 1.97. The number of hydrogen-bond acceptors (Lipinski definition) is 3. The van der Waals surface area contributed by atoms with Gasteiger partial charge in [-0.3, -0.25) is 4.79 Å². The van der Waals surface area contributed by atoms with Crippen LogP contribution in [-0.4, -0.2) is 19.4 Å². The fraction of sp³-hybridized carbons (Fsp3) is 0.500. The Morgan fingerprint density at radius 1 is 1.59 bits per heavy atom. The lowest BCUT2D eigenvalue weighted by atomic mass is 10.1. The third-order valence-corrected chi connectivity index (χ3v) is 4.12. The van der Waals surface area contributed by atoms with E-state index in [0.29, 0.717) is 5.92 Å².